The quantitative estimate of drug-likeness (QED) is 0.490. The lowest BCUT2D eigenvalue weighted by Crippen LogP contribution is -2.41. The summed E-state index contributed by atoms with van der Waals surface area (Å²) in [5.74, 6) is -1.38. The molecule has 0 aromatic heterocycles. The van der Waals surface area contributed by atoms with Gasteiger partial charge < -0.3 is 20.5 Å². The third-order valence-corrected chi connectivity index (χ3v) is 7.40. The van der Waals surface area contributed by atoms with Gasteiger partial charge in [0, 0.05) is 19.0 Å². The molecule has 0 radical (unpaired) electrons. The van der Waals surface area contributed by atoms with Gasteiger partial charge in [0.15, 0.2) is 0 Å². The molecule has 4 rings (SSSR count). The maximum Gasteiger partial charge on any atom is 0.407 e. The molecular weight excluding hydrogens is 444 g/mol. The second kappa shape index (κ2) is 11.4. The number of amides is 2. The van der Waals surface area contributed by atoms with Crippen molar-refractivity contribution in [2.75, 3.05) is 19.7 Å². The number of carbonyl (C=O) groups is 3. The first-order valence-corrected chi connectivity index (χ1v) is 12.6. The van der Waals surface area contributed by atoms with E-state index >= 15 is 0 Å². The van der Waals surface area contributed by atoms with E-state index in [4.69, 9.17) is 4.74 Å². The maximum absolute atomic E-state index is 12.7. The summed E-state index contributed by atoms with van der Waals surface area (Å²) in [5, 5.41) is 15.0. The van der Waals surface area contributed by atoms with E-state index in [-0.39, 0.29) is 42.7 Å². The van der Waals surface area contributed by atoms with Crippen molar-refractivity contribution in [3.8, 4) is 11.1 Å². The molecule has 3 atom stereocenters. The van der Waals surface area contributed by atoms with Gasteiger partial charge in [0.25, 0.3) is 0 Å². The van der Waals surface area contributed by atoms with Crippen molar-refractivity contribution < 1.29 is 24.2 Å². The number of hydrogen-bond acceptors (Lipinski definition) is 4. The van der Waals surface area contributed by atoms with Gasteiger partial charge in [-0.25, -0.2) is 4.79 Å². The van der Waals surface area contributed by atoms with Crippen molar-refractivity contribution in [1.82, 2.24) is 10.6 Å². The summed E-state index contributed by atoms with van der Waals surface area (Å²) < 4.78 is 5.57. The van der Waals surface area contributed by atoms with Crippen LogP contribution >= 0.6 is 0 Å². The molecule has 2 aliphatic rings. The first-order valence-electron chi connectivity index (χ1n) is 12.6. The van der Waals surface area contributed by atoms with Crippen LogP contribution in [0.15, 0.2) is 48.5 Å². The highest BCUT2D eigenvalue weighted by Gasteiger charge is 2.30. The van der Waals surface area contributed by atoms with E-state index < -0.39 is 12.1 Å². The predicted molar refractivity (Wildman–Crippen MR) is 133 cm³/mol. The number of fused-ring (bicyclic) bond motifs is 3. The van der Waals surface area contributed by atoms with Gasteiger partial charge in [-0.15, -0.1) is 0 Å². The topological polar surface area (TPSA) is 105 Å². The van der Waals surface area contributed by atoms with Crippen molar-refractivity contribution in [2.24, 2.45) is 17.8 Å². The molecule has 2 aromatic carbocycles. The molecule has 2 aliphatic carbocycles. The SMILES string of the molecule is CCC(CNC(=O)OCC1c2ccccc2-c2ccccc21)C(=O)NCC1CCCC(C(=O)O)C1. The Morgan fingerprint density at radius 3 is 2.29 bits per heavy atom. The Morgan fingerprint density at radius 2 is 1.66 bits per heavy atom. The summed E-state index contributed by atoms with van der Waals surface area (Å²) in [7, 11) is 0. The molecule has 2 amide bonds. The predicted octanol–water partition coefficient (Wildman–Crippen LogP) is 4.56. The number of ether oxygens (including phenoxy) is 1. The van der Waals surface area contributed by atoms with Crippen LogP contribution in [0.4, 0.5) is 4.79 Å². The van der Waals surface area contributed by atoms with Gasteiger partial charge in [-0.2, -0.15) is 0 Å². The number of benzene rings is 2. The maximum atomic E-state index is 12.7. The third kappa shape index (κ3) is 5.84. The number of nitrogens with one attached hydrogen (secondary N) is 2. The number of aliphatic carboxylic acids is 1. The van der Waals surface area contributed by atoms with Crippen molar-refractivity contribution >= 4 is 18.0 Å². The minimum atomic E-state index is -0.750. The number of rotatable bonds is 9. The van der Waals surface area contributed by atoms with E-state index in [1.54, 1.807) is 0 Å². The van der Waals surface area contributed by atoms with Crippen LogP contribution < -0.4 is 10.6 Å². The van der Waals surface area contributed by atoms with Crippen LogP contribution in [0, 0.1) is 17.8 Å². The van der Waals surface area contributed by atoms with Crippen molar-refractivity contribution in [3.05, 3.63) is 59.7 Å². The van der Waals surface area contributed by atoms with Gasteiger partial charge in [-0.1, -0.05) is 61.9 Å². The van der Waals surface area contributed by atoms with Gasteiger partial charge >= 0.3 is 12.1 Å². The normalized spacial score (nSPS) is 19.8. The molecule has 35 heavy (non-hydrogen) atoms. The Labute approximate surface area is 206 Å². The largest absolute Gasteiger partial charge is 0.481 e. The first-order chi connectivity index (χ1) is 17.0. The van der Waals surface area contributed by atoms with Gasteiger partial charge in [0.1, 0.15) is 6.61 Å². The molecular formula is C28H34N2O5. The lowest BCUT2D eigenvalue weighted by atomic mass is 9.81. The summed E-state index contributed by atoms with van der Waals surface area (Å²) in [6, 6.07) is 16.4. The van der Waals surface area contributed by atoms with E-state index in [2.05, 4.69) is 34.9 Å². The zero-order valence-electron chi connectivity index (χ0n) is 20.2. The van der Waals surface area contributed by atoms with Crippen LogP contribution in [0.5, 0.6) is 0 Å². The standard InChI is InChI=1S/C28H34N2O5/c1-2-19(26(31)29-15-18-8-7-9-20(14-18)27(32)33)16-30-28(34)35-17-25-23-12-5-3-10-21(23)22-11-4-6-13-24(22)25/h3-6,10-13,18-20,25H,2,7-9,14-17H2,1H3,(H,29,31)(H,30,34)(H,32,33). The monoisotopic (exact) mass is 478 g/mol. The minimum Gasteiger partial charge on any atom is -0.481 e. The molecule has 7 heteroatoms. The summed E-state index contributed by atoms with van der Waals surface area (Å²) >= 11 is 0. The number of carboxylic acids is 1. The second-order valence-electron chi connectivity index (χ2n) is 9.62. The van der Waals surface area contributed by atoms with Crippen molar-refractivity contribution in [1.29, 1.82) is 0 Å². The Hall–Kier alpha value is -3.35. The van der Waals surface area contributed by atoms with Crippen LogP contribution in [0.3, 0.4) is 0 Å². The number of carbonyl (C=O) groups excluding carboxylic acids is 2. The number of carboxylic acid groups (broad SMARTS) is 1. The highest BCUT2D eigenvalue weighted by atomic mass is 16.5. The molecule has 0 aliphatic heterocycles. The van der Waals surface area contributed by atoms with Crippen LogP contribution in [0.1, 0.15) is 56.1 Å². The fraction of sp³-hybridized carbons (Fsp3) is 0.464. The highest BCUT2D eigenvalue weighted by molar-refractivity contribution is 5.80. The Kier molecular flexibility index (Phi) is 8.06. The highest BCUT2D eigenvalue weighted by Crippen LogP contribution is 2.44. The smallest absolute Gasteiger partial charge is 0.407 e. The van der Waals surface area contributed by atoms with Gasteiger partial charge in [0.05, 0.1) is 11.8 Å². The molecule has 0 saturated heterocycles. The van der Waals surface area contributed by atoms with Crippen LogP contribution in [0.25, 0.3) is 11.1 Å². The molecule has 186 valence electrons. The molecule has 0 bridgehead atoms. The fourth-order valence-corrected chi connectivity index (χ4v) is 5.37. The van der Waals surface area contributed by atoms with Gasteiger partial charge in [0.2, 0.25) is 5.91 Å². The third-order valence-electron chi connectivity index (χ3n) is 7.40. The van der Waals surface area contributed by atoms with E-state index in [0.29, 0.717) is 25.8 Å². The zero-order valence-corrected chi connectivity index (χ0v) is 20.2. The van der Waals surface area contributed by atoms with E-state index in [1.807, 2.05) is 31.2 Å². The Morgan fingerprint density at radius 1 is 1.00 bits per heavy atom. The second-order valence-corrected chi connectivity index (χ2v) is 9.62. The van der Waals surface area contributed by atoms with Gasteiger partial charge in [-0.05, 0) is 53.9 Å². The van der Waals surface area contributed by atoms with Crippen molar-refractivity contribution in [3.63, 3.8) is 0 Å². The Balaban J connectivity index is 1.24. The van der Waals surface area contributed by atoms with E-state index in [1.165, 1.54) is 11.1 Å². The van der Waals surface area contributed by atoms with Crippen molar-refractivity contribution in [2.45, 2.75) is 44.9 Å². The number of hydrogen-bond donors (Lipinski definition) is 3. The lowest BCUT2D eigenvalue weighted by Gasteiger charge is -2.27. The zero-order chi connectivity index (χ0) is 24.8. The van der Waals surface area contributed by atoms with Crippen LogP contribution in [-0.2, 0) is 14.3 Å². The molecule has 0 heterocycles. The summed E-state index contributed by atoms with van der Waals surface area (Å²) in [6.45, 7) is 2.81. The minimum absolute atomic E-state index is 0.0106. The molecule has 0 spiro atoms. The average Bonchev–Trinajstić information content (AvgIpc) is 3.20. The van der Waals surface area contributed by atoms with Crippen LogP contribution in [-0.4, -0.2) is 42.8 Å². The summed E-state index contributed by atoms with van der Waals surface area (Å²) in [5.41, 5.74) is 4.65. The lowest BCUT2D eigenvalue weighted by molar-refractivity contribution is -0.143. The van der Waals surface area contributed by atoms with Gasteiger partial charge in [-0.3, -0.25) is 9.59 Å². The Bertz CT molecular complexity index is 1020. The summed E-state index contributed by atoms with van der Waals surface area (Å²) in [4.78, 5) is 36.4. The molecule has 1 fully saturated rings. The molecule has 2 aromatic rings. The fourth-order valence-electron chi connectivity index (χ4n) is 5.37. The summed E-state index contributed by atoms with van der Waals surface area (Å²) in [6.07, 6.45) is 3.16. The van der Waals surface area contributed by atoms with E-state index in [0.717, 1.165) is 24.0 Å². The molecule has 3 N–H and O–H groups in total. The molecule has 7 nitrogen and oxygen atoms in total. The number of alkyl carbamates (subject to hydrolysis) is 1. The first kappa shape index (κ1) is 24.8. The van der Waals surface area contributed by atoms with Crippen LogP contribution in [0.2, 0.25) is 0 Å². The molecule has 3 unspecified atom stereocenters. The molecule has 1 saturated carbocycles. The van der Waals surface area contributed by atoms with E-state index in [9.17, 15) is 19.5 Å². The average molecular weight is 479 g/mol.